The molecule has 300 valence electrons. The monoisotopic (exact) mass is 879 g/mol. The van der Waals surface area contributed by atoms with Crippen LogP contribution in [0.15, 0.2) is 45.3 Å². The number of hydrogen-bond acceptors (Lipinski definition) is 8. The Morgan fingerprint density at radius 3 is 1.48 bits per heavy atom. The molecule has 0 radical (unpaired) electrons. The fourth-order valence-electron chi connectivity index (χ4n) is 6.08. The minimum atomic E-state index is -0.562. The second kappa shape index (κ2) is 21.0. The van der Waals surface area contributed by atoms with Crippen LogP contribution in [-0.2, 0) is 35.0 Å². The fourth-order valence-corrected chi connectivity index (χ4v) is 6.57. The van der Waals surface area contributed by atoms with Gasteiger partial charge in [0.15, 0.2) is 0 Å². The first-order valence-electron chi connectivity index (χ1n) is 18.4. The van der Waals surface area contributed by atoms with Crippen LogP contribution in [0.4, 0.5) is 15.3 Å². The molecule has 2 aliphatic heterocycles. The highest BCUT2D eigenvalue weighted by Gasteiger charge is 2.31. The van der Waals surface area contributed by atoms with E-state index in [1.807, 2.05) is 76.5 Å². The van der Waals surface area contributed by atoms with Crippen LogP contribution in [0.1, 0.15) is 105 Å². The molecule has 0 saturated carbocycles. The molecule has 54 heavy (non-hydrogen) atoms. The zero-order chi connectivity index (χ0) is 41.0. The van der Waals surface area contributed by atoms with Crippen LogP contribution in [0.5, 0.6) is 0 Å². The number of halogens is 2. The smallest absolute Gasteiger partial charge is 0.410 e. The predicted octanol–water partition coefficient (Wildman–Crippen LogP) is 9.55. The molecule has 2 heterocycles. The van der Waals surface area contributed by atoms with Crippen LogP contribution >= 0.6 is 31.9 Å². The van der Waals surface area contributed by atoms with Gasteiger partial charge in [0, 0.05) is 67.6 Å². The molecule has 2 aliphatic rings. The summed E-state index contributed by atoms with van der Waals surface area (Å²) in [5.74, 6) is -0.447. The van der Waals surface area contributed by atoms with Crippen molar-refractivity contribution in [2.45, 2.75) is 126 Å². The number of carbonyl (C=O) groups is 5. The highest BCUT2D eigenvalue weighted by atomic mass is 79.9. The molecule has 3 amide bonds. The van der Waals surface area contributed by atoms with Gasteiger partial charge >= 0.3 is 24.1 Å². The van der Waals surface area contributed by atoms with Crippen LogP contribution in [0.2, 0.25) is 0 Å². The molecule has 2 fully saturated rings. The van der Waals surface area contributed by atoms with Crippen molar-refractivity contribution in [3.63, 3.8) is 0 Å². The number of rotatable bonds is 4. The first-order chi connectivity index (χ1) is 25.0. The number of carbonyl (C=O) groups excluding carboxylic acids is 5. The Bertz CT molecular complexity index is 1590. The second-order valence-corrected chi connectivity index (χ2v) is 17.5. The third kappa shape index (κ3) is 16.9. The molecule has 11 nitrogen and oxygen atoms in total. The van der Waals surface area contributed by atoms with Crippen LogP contribution in [0, 0.1) is 19.8 Å². The van der Waals surface area contributed by atoms with Crippen molar-refractivity contribution in [2.75, 3.05) is 31.1 Å². The molecule has 0 bridgehead atoms. The quantitative estimate of drug-likeness (QED) is 0.169. The average Bonchev–Trinajstić information content (AvgIpc) is 3.03. The van der Waals surface area contributed by atoms with Crippen molar-refractivity contribution in [1.29, 1.82) is 0 Å². The van der Waals surface area contributed by atoms with Crippen molar-refractivity contribution in [2.24, 2.45) is 5.92 Å². The molecular weight excluding hydrogens is 822 g/mol. The molecule has 0 unspecified atom stereocenters. The predicted molar refractivity (Wildman–Crippen MR) is 218 cm³/mol. The number of benzene rings is 2. The minimum absolute atomic E-state index is 0.0254. The maximum absolute atomic E-state index is 12.3. The SMILES string of the molecule is CC(=O)N(c1ccc(Br)c(C)c1)C1CCN(C(=O)OC(C)(C)C)CC1.CC(=O)OC(C)=O.Cc1cc(CC2CCN(C(=O)OC(C)(C)C)CC2)ccc1Br. The van der Waals surface area contributed by atoms with Gasteiger partial charge in [-0.05, 0) is 134 Å². The van der Waals surface area contributed by atoms with E-state index in [1.165, 1.54) is 25.0 Å². The number of nitrogens with zero attached hydrogens (tertiary/aromatic N) is 3. The highest BCUT2D eigenvalue weighted by molar-refractivity contribution is 9.10. The second-order valence-electron chi connectivity index (χ2n) is 15.8. The van der Waals surface area contributed by atoms with Crippen LogP contribution in [0.3, 0.4) is 0 Å². The van der Waals surface area contributed by atoms with Crippen molar-refractivity contribution in [3.05, 3.63) is 62.0 Å². The summed E-state index contributed by atoms with van der Waals surface area (Å²) in [5, 5.41) is 0. The van der Waals surface area contributed by atoms with Crippen molar-refractivity contribution in [1.82, 2.24) is 9.80 Å². The van der Waals surface area contributed by atoms with Gasteiger partial charge in [-0.2, -0.15) is 0 Å². The van der Waals surface area contributed by atoms with E-state index in [0.717, 1.165) is 65.4 Å². The molecule has 4 rings (SSSR count). The Kier molecular flexibility index (Phi) is 18.2. The Balaban J connectivity index is 0.000000320. The summed E-state index contributed by atoms with van der Waals surface area (Å²) in [7, 11) is 0. The Labute approximate surface area is 338 Å². The summed E-state index contributed by atoms with van der Waals surface area (Å²) in [6.45, 7) is 22.2. The van der Waals surface area contributed by atoms with Gasteiger partial charge in [-0.1, -0.05) is 44.0 Å². The zero-order valence-corrected chi connectivity index (χ0v) is 37.0. The van der Waals surface area contributed by atoms with Gasteiger partial charge in [-0.15, -0.1) is 0 Å². The molecule has 13 heteroatoms. The number of piperidine rings is 2. The van der Waals surface area contributed by atoms with Crippen molar-refractivity contribution >= 4 is 67.6 Å². The fraction of sp³-hybridized carbons (Fsp3) is 0.585. The molecule has 0 aliphatic carbocycles. The van der Waals surface area contributed by atoms with Crippen LogP contribution in [-0.4, -0.2) is 83.3 Å². The van der Waals surface area contributed by atoms with E-state index in [1.54, 1.807) is 11.8 Å². The van der Waals surface area contributed by atoms with E-state index < -0.39 is 23.1 Å². The molecule has 2 aromatic rings. The summed E-state index contributed by atoms with van der Waals surface area (Å²) in [4.78, 5) is 61.6. The lowest BCUT2D eigenvalue weighted by atomic mass is 9.90. The van der Waals surface area contributed by atoms with Crippen molar-refractivity contribution < 1.29 is 38.2 Å². The van der Waals surface area contributed by atoms with Gasteiger partial charge < -0.3 is 28.9 Å². The average molecular weight is 882 g/mol. The summed E-state index contributed by atoms with van der Waals surface area (Å²) in [6, 6.07) is 12.6. The van der Waals surface area contributed by atoms with Gasteiger partial charge in [-0.25, -0.2) is 9.59 Å². The number of amides is 3. The summed E-state index contributed by atoms with van der Waals surface area (Å²) in [6.07, 6.45) is 4.23. The van der Waals surface area contributed by atoms with Gasteiger partial charge in [-0.3, -0.25) is 14.4 Å². The minimum Gasteiger partial charge on any atom is -0.444 e. The van der Waals surface area contributed by atoms with E-state index in [4.69, 9.17) is 9.47 Å². The molecule has 0 atom stereocenters. The number of likely N-dealkylation sites (tertiary alicyclic amines) is 2. The first kappa shape index (κ1) is 46.7. The normalized spacial score (nSPS) is 15.1. The number of esters is 2. The Hall–Kier alpha value is -3.45. The lowest BCUT2D eigenvalue weighted by Crippen LogP contribution is -2.49. The number of hydrogen-bond donors (Lipinski definition) is 0. The van der Waals surface area contributed by atoms with Gasteiger partial charge in [0.25, 0.3) is 0 Å². The van der Waals surface area contributed by atoms with Gasteiger partial charge in [0.1, 0.15) is 11.2 Å². The molecule has 0 N–H and O–H groups in total. The molecular formula is C41H59Br2N3O8. The number of aryl methyl sites for hydroxylation is 2. The largest absolute Gasteiger partial charge is 0.444 e. The lowest BCUT2D eigenvalue weighted by molar-refractivity contribution is -0.156. The zero-order valence-electron chi connectivity index (χ0n) is 33.8. The topological polar surface area (TPSA) is 123 Å². The van der Waals surface area contributed by atoms with Gasteiger partial charge in [0.2, 0.25) is 5.91 Å². The maximum atomic E-state index is 12.3. The molecule has 2 saturated heterocycles. The van der Waals surface area contributed by atoms with E-state index in [0.29, 0.717) is 19.0 Å². The van der Waals surface area contributed by atoms with E-state index in [9.17, 15) is 24.0 Å². The Morgan fingerprint density at radius 2 is 1.11 bits per heavy atom. The number of ether oxygens (including phenoxy) is 3. The lowest BCUT2D eigenvalue weighted by Gasteiger charge is -2.38. The van der Waals surface area contributed by atoms with Crippen molar-refractivity contribution in [3.8, 4) is 0 Å². The van der Waals surface area contributed by atoms with Crippen LogP contribution < -0.4 is 4.90 Å². The standard InChI is InChI=1S/C19H27BrN2O3.C18H26BrNO2.C4H6O3/c1-13-12-16(6-7-17(13)20)22(14(2)23)15-8-10-21(11-9-15)18(24)25-19(3,4)5;1-13-11-15(5-6-16(13)19)12-14-7-9-20(10-8-14)17(21)22-18(2,3)4;1-3(5)7-4(2)6/h6-7,12,15H,8-11H2,1-5H3;5-6,11,14H,7-10,12H2,1-4H3;1-2H3. The molecule has 0 aromatic heterocycles. The highest BCUT2D eigenvalue weighted by Crippen LogP contribution is 2.29. The first-order valence-corrected chi connectivity index (χ1v) is 20.0. The van der Waals surface area contributed by atoms with E-state index in [2.05, 4.69) is 61.7 Å². The molecule has 2 aromatic carbocycles. The maximum Gasteiger partial charge on any atom is 0.410 e. The third-order valence-electron chi connectivity index (χ3n) is 8.54. The third-order valence-corrected chi connectivity index (χ3v) is 10.3. The number of anilines is 1. The molecule has 0 spiro atoms. The Morgan fingerprint density at radius 1 is 0.685 bits per heavy atom. The summed E-state index contributed by atoms with van der Waals surface area (Å²) >= 11 is 7.04. The summed E-state index contributed by atoms with van der Waals surface area (Å²) < 4.78 is 17.0. The van der Waals surface area contributed by atoms with E-state index >= 15 is 0 Å². The summed E-state index contributed by atoms with van der Waals surface area (Å²) in [5.41, 5.74) is 3.76. The van der Waals surface area contributed by atoms with Gasteiger partial charge in [0.05, 0.1) is 0 Å². The van der Waals surface area contributed by atoms with E-state index in [-0.39, 0.29) is 24.1 Å². The van der Waals surface area contributed by atoms with Crippen LogP contribution in [0.25, 0.3) is 0 Å².